The highest BCUT2D eigenvalue weighted by Gasteiger charge is 1.86. The van der Waals surface area contributed by atoms with Crippen LogP contribution in [0.25, 0.3) is 0 Å². The average molecular weight is 330 g/mol. The molecule has 0 rings (SSSR count). The fourth-order valence-corrected chi connectivity index (χ4v) is 3.94. The van der Waals surface area contributed by atoms with E-state index in [2.05, 4.69) is 45.2 Å². The van der Waals surface area contributed by atoms with E-state index in [0.717, 1.165) is 7.52 Å². The highest BCUT2D eigenvalue weighted by Crippen LogP contribution is 1.93. The molecule has 0 aliphatic rings. The van der Waals surface area contributed by atoms with Gasteiger partial charge in [-0.1, -0.05) is 45.2 Å². The summed E-state index contributed by atoms with van der Waals surface area (Å²) in [6, 6.07) is 0. The van der Waals surface area contributed by atoms with Gasteiger partial charge in [0.2, 0.25) is 0 Å². The van der Waals surface area contributed by atoms with E-state index in [1.807, 2.05) is 0 Å². The smallest absolute Gasteiger partial charge is 0.0762 e. The summed E-state index contributed by atoms with van der Waals surface area (Å²) < 4.78 is 11.8. The van der Waals surface area contributed by atoms with Gasteiger partial charge in [0, 0.05) is 10.8 Å². The Balaban J connectivity index is 2.99. The Morgan fingerprint density at radius 1 is 1.33 bits per heavy atom. The first-order valence-electron chi connectivity index (χ1n) is 1.28. The zero-order valence-electron chi connectivity index (χ0n) is 2.99. The molecule has 1 nitrogen and oxygen atoms in total. The van der Waals surface area contributed by atoms with Crippen LogP contribution in [0.15, 0.2) is 0 Å². The number of hydrogen-bond acceptors (Lipinski definition) is 1. The highest BCUT2D eigenvalue weighted by atomic mass is 127. The molecule has 6 heavy (non-hydrogen) atoms. The maximum atomic E-state index is 10.3. The molecule has 0 atom stereocenters. The molecule has 0 spiro atoms. The number of hydrogen-bond donors (Lipinski definition) is 0. The molecule has 0 saturated heterocycles. The van der Waals surface area contributed by atoms with Crippen molar-refractivity contribution in [3.05, 3.63) is 0 Å². The Labute approximate surface area is 67.0 Å². The quantitative estimate of drug-likeness (QED) is 0.554. The molecular formula is C2H4I2OS. The second-order valence-corrected chi connectivity index (χ2v) is 5.71. The van der Waals surface area contributed by atoms with Gasteiger partial charge in [-0.25, -0.2) is 0 Å². The first-order valence-corrected chi connectivity index (χ1v) is 5.82. The molecule has 0 saturated carbocycles. The van der Waals surface area contributed by atoms with E-state index < -0.39 is 10.8 Å². The number of rotatable bonds is 2. The average Bonchev–Trinajstić information content (AvgIpc) is 1.65. The van der Waals surface area contributed by atoms with Gasteiger partial charge in [0.25, 0.3) is 0 Å². The van der Waals surface area contributed by atoms with Crippen LogP contribution >= 0.6 is 45.2 Å². The Hall–Kier alpha value is 1.61. The maximum Gasteiger partial charge on any atom is 0.0762 e. The van der Waals surface area contributed by atoms with Gasteiger partial charge in [-0.05, 0) is 0 Å². The van der Waals surface area contributed by atoms with Crippen LogP contribution in [0.3, 0.4) is 0 Å². The van der Waals surface area contributed by atoms with Crippen LogP contribution in [0.4, 0.5) is 0 Å². The molecule has 0 radical (unpaired) electrons. The largest absolute Gasteiger partial charge is 0.258 e. The third kappa shape index (κ3) is 3.79. The standard InChI is InChI=1S/C2H4I2OS/c3-1-6(5)2-4/h1-2H2. The summed E-state index contributed by atoms with van der Waals surface area (Å²) in [7, 11) is -0.561. The monoisotopic (exact) mass is 330 g/mol. The third-order valence-electron chi connectivity index (χ3n) is 0.243. The molecule has 0 unspecified atom stereocenters. The summed E-state index contributed by atoms with van der Waals surface area (Å²) in [5.74, 6) is 0. The second kappa shape index (κ2) is 4.76. The SMILES string of the molecule is O=S(CI)CI. The molecule has 0 N–H and O–H groups in total. The Kier molecular flexibility index (Phi) is 6.04. The molecular weight excluding hydrogens is 326 g/mol. The van der Waals surface area contributed by atoms with Crippen molar-refractivity contribution >= 4 is 56.0 Å². The van der Waals surface area contributed by atoms with Crippen LogP contribution in [-0.2, 0) is 10.8 Å². The van der Waals surface area contributed by atoms with Crippen molar-refractivity contribution in [2.45, 2.75) is 0 Å². The van der Waals surface area contributed by atoms with E-state index in [0.29, 0.717) is 0 Å². The summed E-state index contributed by atoms with van der Waals surface area (Å²) in [5, 5.41) is 0. The van der Waals surface area contributed by atoms with Crippen molar-refractivity contribution in [2.24, 2.45) is 0 Å². The molecule has 0 aromatic rings. The van der Waals surface area contributed by atoms with E-state index in [4.69, 9.17) is 0 Å². The van der Waals surface area contributed by atoms with E-state index >= 15 is 0 Å². The zero-order valence-corrected chi connectivity index (χ0v) is 8.12. The van der Waals surface area contributed by atoms with Crippen LogP contribution in [0.5, 0.6) is 0 Å². The second-order valence-electron chi connectivity index (χ2n) is 0.658. The molecule has 0 aromatic heterocycles. The Morgan fingerprint density at radius 3 is 1.67 bits per heavy atom. The summed E-state index contributed by atoms with van der Waals surface area (Å²) >= 11 is 4.22. The lowest BCUT2D eigenvalue weighted by Crippen LogP contribution is -1.87. The number of halogens is 2. The van der Waals surface area contributed by atoms with Crippen molar-refractivity contribution in [1.82, 2.24) is 0 Å². The summed E-state index contributed by atoms with van der Waals surface area (Å²) in [6.45, 7) is 0. The Morgan fingerprint density at radius 2 is 1.67 bits per heavy atom. The topological polar surface area (TPSA) is 17.1 Å². The van der Waals surface area contributed by atoms with E-state index in [9.17, 15) is 4.21 Å². The minimum Gasteiger partial charge on any atom is -0.258 e. The molecule has 38 valence electrons. The van der Waals surface area contributed by atoms with Crippen molar-refractivity contribution in [1.29, 1.82) is 0 Å². The van der Waals surface area contributed by atoms with Crippen molar-refractivity contribution in [3.8, 4) is 0 Å². The van der Waals surface area contributed by atoms with Gasteiger partial charge in [-0.3, -0.25) is 4.21 Å². The summed E-state index contributed by atoms with van der Waals surface area (Å²) in [5.41, 5.74) is 0. The van der Waals surface area contributed by atoms with Crippen molar-refractivity contribution < 1.29 is 4.21 Å². The molecule has 0 heterocycles. The fourth-order valence-electron chi connectivity index (χ4n) is 0.0292. The van der Waals surface area contributed by atoms with Gasteiger partial charge in [0.1, 0.15) is 0 Å². The van der Waals surface area contributed by atoms with Crippen LogP contribution < -0.4 is 0 Å². The van der Waals surface area contributed by atoms with Crippen LogP contribution in [0, 0.1) is 0 Å². The van der Waals surface area contributed by atoms with Crippen molar-refractivity contribution in [2.75, 3.05) is 7.52 Å². The molecule has 0 amide bonds. The van der Waals surface area contributed by atoms with Crippen LogP contribution in [0.2, 0.25) is 0 Å². The molecule has 0 fully saturated rings. The predicted molar refractivity (Wildman–Crippen MR) is 45.9 cm³/mol. The summed E-state index contributed by atoms with van der Waals surface area (Å²) in [6.07, 6.45) is 0. The van der Waals surface area contributed by atoms with Gasteiger partial charge < -0.3 is 0 Å². The molecule has 4 heteroatoms. The third-order valence-corrected chi connectivity index (χ3v) is 4.90. The van der Waals surface area contributed by atoms with Crippen LogP contribution in [-0.4, -0.2) is 11.7 Å². The lowest BCUT2D eigenvalue weighted by molar-refractivity contribution is 0.689. The van der Waals surface area contributed by atoms with Crippen molar-refractivity contribution in [3.63, 3.8) is 0 Å². The lowest BCUT2D eigenvalue weighted by Gasteiger charge is -1.81. The predicted octanol–water partition coefficient (Wildman–Crippen LogP) is 1.52. The van der Waals surface area contributed by atoms with Gasteiger partial charge in [-0.15, -0.1) is 0 Å². The first-order chi connectivity index (χ1) is 2.81. The zero-order chi connectivity index (χ0) is 4.99. The molecule has 0 aliphatic carbocycles. The molecule has 0 bridgehead atoms. The van der Waals surface area contributed by atoms with Crippen LogP contribution in [0.1, 0.15) is 0 Å². The van der Waals surface area contributed by atoms with E-state index in [1.165, 1.54) is 0 Å². The fraction of sp³-hybridized carbons (Fsp3) is 1.00. The maximum absolute atomic E-state index is 10.3. The van der Waals surface area contributed by atoms with Gasteiger partial charge >= 0.3 is 0 Å². The normalized spacial score (nSPS) is 9.83. The summed E-state index contributed by atoms with van der Waals surface area (Å²) in [4.78, 5) is 0. The molecule has 0 aliphatic heterocycles. The van der Waals surface area contributed by atoms with E-state index in [-0.39, 0.29) is 0 Å². The first kappa shape index (κ1) is 7.61. The van der Waals surface area contributed by atoms with Gasteiger partial charge in [-0.2, -0.15) is 0 Å². The molecule has 0 aromatic carbocycles. The number of alkyl halides is 2. The van der Waals surface area contributed by atoms with Gasteiger partial charge in [0.05, 0.1) is 7.52 Å². The van der Waals surface area contributed by atoms with Gasteiger partial charge in [0.15, 0.2) is 0 Å². The minimum atomic E-state index is -0.561. The van der Waals surface area contributed by atoms with E-state index in [1.54, 1.807) is 0 Å². The Bertz CT molecular complexity index is 49.5. The minimum absolute atomic E-state index is 0.561. The lowest BCUT2D eigenvalue weighted by atomic mass is 11.9. The highest BCUT2D eigenvalue weighted by molar-refractivity contribution is 14.1.